The maximum absolute atomic E-state index is 13.1. The van der Waals surface area contributed by atoms with E-state index in [-0.39, 0.29) is 23.8 Å². The van der Waals surface area contributed by atoms with Gasteiger partial charge in [-0.1, -0.05) is 42.7 Å². The Morgan fingerprint density at radius 1 is 1.00 bits per heavy atom. The van der Waals surface area contributed by atoms with Crippen molar-refractivity contribution < 1.29 is 18.9 Å². The largest absolute Gasteiger partial charge is 0.320 e. The highest BCUT2D eigenvalue weighted by atomic mass is 19.1. The highest BCUT2D eigenvalue weighted by molar-refractivity contribution is 5.96. The van der Waals surface area contributed by atoms with Crippen molar-refractivity contribution in [2.24, 2.45) is 0 Å². The van der Waals surface area contributed by atoms with E-state index < -0.39 is 16.4 Å². The molecule has 0 unspecified atom stereocenters. The Morgan fingerprint density at radius 3 is 2.29 bits per heavy atom. The number of nitrogens with zero attached hydrogens (tertiary/aromatic N) is 1. The number of unbranched alkanes of at least 4 members (excludes halogenated alkanes) is 3. The van der Waals surface area contributed by atoms with Crippen LogP contribution in [-0.2, 0) is 4.79 Å². The molecule has 28 heavy (non-hydrogen) atoms. The number of anilines is 1. The lowest BCUT2D eigenvalue weighted by Gasteiger charge is -2.06. The zero-order valence-electron chi connectivity index (χ0n) is 15.7. The minimum Gasteiger partial charge on any atom is -0.320 e. The van der Waals surface area contributed by atoms with E-state index in [0.29, 0.717) is 18.4 Å². The van der Waals surface area contributed by atoms with Crippen molar-refractivity contribution in [3.63, 3.8) is 0 Å². The molecule has 1 N–H and O–H groups in total. The second kappa shape index (κ2) is 10.3. The number of benzene rings is 2. The molecule has 1 amide bonds. The lowest BCUT2D eigenvalue weighted by atomic mass is 10.0. The minimum absolute atomic E-state index is 0.0138. The molecule has 148 valence electrons. The molecule has 0 aliphatic carbocycles. The van der Waals surface area contributed by atoms with Gasteiger partial charge in [-0.15, -0.1) is 0 Å². The van der Waals surface area contributed by atoms with E-state index in [0.717, 1.165) is 37.0 Å². The molecule has 0 aliphatic rings. The Morgan fingerprint density at radius 2 is 1.64 bits per heavy atom. The van der Waals surface area contributed by atoms with Crippen LogP contribution in [0.1, 0.15) is 54.4 Å². The molecule has 2 aromatic rings. The molecule has 0 bridgehead atoms. The summed E-state index contributed by atoms with van der Waals surface area (Å²) in [6.45, 7) is 1.97. The topological polar surface area (TPSA) is 89.3 Å². The third kappa shape index (κ3) is 6.57. The van der Waals surface area contributed by atoms with Gasteiger partial charge in [-0.05, 0) is 31.9 Å². The second-order valence-electron chi connectivity index (χ2n) is 6.67. The number of aryl methyl sites for hydroxylation is 1. The van der Waals surface area contributed by atoms with Crippen molar-refractivity contribution in [1.82, 2.24) is 0 Å². The molecule has 7 heteroatoms. The van der Waals surface area contributed by atoms with Crippen molar-refractivity contribution in [2.45, 2.75) is 45.4 Å². The quantitative estimate of drug-likeness (QED) is 0.263. The monoisotopic (exact) mass is 386 g/mol. The minimum atomic E-state index is -0.732. The van der Waals surface area contributed by atoms with Crippen molar-refractivity contribution >= 4 is 23.1 Å². The average molecular weight is 386 g/mol. The standard InChI is InChI=1S/C21H23FN2O4/c1-15-8-10-16(11-9-15)20(25)6-4-2-3-5-7-21(26)23-18-13-12-17(22)14-19(18)24(27)28/h8-14H,2-7H2,1H3,(H,23,26). The molecule has 0 radical (unpaired) electrons. The van der Waals surface area contributed by atoms with Crippen LogP contribution in [0.5, 0.6) is 0 Å². The summed E-state index contributed by atoms with van der Waals surface area (Å²) in [5.41, 5.74) is 1.34. The van der Waals surface area contributed by atoms with Crippen LogP contribution in [0.3, 0.4) is 0 Å². The Bertz CT molecular complexity index is 850. The number of halogens is 1. The maximum atomic E-state index is 13.1. The van der Waals surface area contributed by atoms with Gasteiger partial charge in [0.2, 0.25) is 5.91 Å². The fourth-order valence-corrected chi connectivity index (χ4v) is 2.78. The summed E-state index contributed by atoms with van der Waals surface area (Å²) in [4.78, 5) is 34.2. The van der Waals surface area contributed by atoms with E-state index in [1.54, 1.807) is 0 Å². The highest BCUT2D eigenvalue weighted by Crippen LogP contribution is 2.25. The van der Waals surface area contributed by atoms with Crippen LogP contribution in [0.4, 0.5) is 15.8 Å². The van der Waals surface area contributed by atoms with Crippen molar-refractivity contribution in [3.8, 4) is 0 Å². The molecule has 6 nitrogen and oxygen atoms in total. The third-order valence-electron chi connectivity index (χ3n) is 4.36. The molecule has 0 atom stereocenters. The number of nitrogens with one attached hydrogen (secondary N) is 1. The first-order valence-corrected chi connectivity index (χ1v) is 9.20. The molecule has 0 spiro atoms. The fraction of sp³-hybridized carbons (Fsp3) is 0.333. The van der Waals surface area contributed by atoms with Crippen LogP contribution < -0.4 is 5.32 Å². The Balaban J connectivity index is 1.67. The van der Waals surface area contributed by atoms with Gasteiger partial charge in [0.05, 0.1) is 11.0 Å². The number of ketones is 1. The van der Waals surface area contributed by atoms with Crippen LogP contribution in [0.15, 0.2) is 42.5 Å². The number of nitro benzene ring substituents is 1. The van der Waals surface area contributed by atoms with Crippen LogP contribution in [0, 0.1) is 22.9 Å². The van der Waals surface area contributed by atoms with Crippen LogP contribution in [0.2, 0.25) is 0 Å². The van der Waals surface area contributed by atoms with Gasteiger partial charge < -0.3 is 5.32 Å². The summed E-state index contributed by atoms with van der Waals surface area (Å²) in [6.07, 6.45) is 3.64. The molecule has 0 saturated carbocycles. The summed E-state index contributed by atoms with van der Waals surface area (Å²) in [7, 11) is 0. The smallest absolute Gasteiger partial charge is 0.295 e. The van der Waals surface area contributed by atoms with Gasteiger partial charge in [-0.3, -0.25) is 19.7 Å². The number of carbonyl (C=O) groups excluding carboxylic acids is 2. The number of amides is 1. The molecule has 0 aromatic heterocycles. The van der Waals surface area contributed by atoms with Gasteiger partial charge in [0.25, 0.3) is 5.69 Å². The first-order chi connectivity index (χ1) is 13.4. The molecule has 0 heterocycles. The van der Waals surface area contributed by atoms with E-state index >= 15 is 0 Å². The van der Waals surface area contributed by atoms with E-state index in [1.165, 1.54) is 6.07 Å². The summed E-state index contributed by atoms with van der Waals surface area (Å²) < 4.78 is 13.1. The first-order valence-electron chi connectivity index (χ1n) is 9.20. The van der Waals surface area contributed by atoms with Gasteiger partial charge >= 0.3 is 0 Å². The van der Waals surface area contributed by atoms with E-state index in [2.05, 4.69) is 5.32 Å². The number of rotatable bonds is 10. The molecular weight excluding hydrogens is 363 g/mol. The summed E-state index contributed by atoms with van der Waals surface area (Å²) in [5.74, 6) is -0.975. The molecule has 0 saturated heterocycles. The molecular formula is C21H23FN2O4. The van der Waals surface area contributed by atoms with E-state index in [9.17, 15) is 24.1 Å². The van der Waals surface area contributed by atoms with Crippen LogP contribution >= 0.6 is 0 Å². The maximum Gasteiger partial charge on any atom is 0.295 e. The SMILES string of the molecule is Cc1ccc(C(=O)CCCCCCC(=O)Nc2ccc(F)cc2[N+](=O)[O-])cc1. The van der Waals surface area contributed by atoms with Gasteiger partial charge in [0.15, 0.2) is 5.78 Å². The Labute approximate surface area is 162 Å². The van der Waals surface area contributed by atoms with Crippen molar-refractivity contribution in [2.75, 3.05) is 5.32 Å². The van der Waals surface area contributed by atoms with E-state index in [1.807, 2.05) is 31.2 Å². The predicted molar refractivity (Wildman–Crippen MR) is 105 cm³/mol. The molecule has 2 aromatic carbocycles. The fourth-order valence-electron chi connectivity index (χ4n) is 2.78. The number of nitro groups is 1. The highest BCUT2D eigenvalue weighted by Gasteiger charge is 2.16. The van der Waals surface area contributed by atoms with Gasteiger partial charge in [0.1, 0.15) is 11.5 Å². The number of carbonyl (C=O) groups is 2. The van der Waals surface area contributed by atoms with Crippen LogP contribution in [0.25, 0.3) is 0 Å². The van der Waals surface area contributed by atoms with Crippen molar-refractivity contribution in [3.05, 3.63) is 69.5 Å². The van der Waals surface area contributed by atoms with Gasteiger partial charge in [-0.2, -0.15) is 0 Å². The summed E-state index contributed by atoms with van der Waals surface area (Å²) in [6, 6.07) is 10.5. The lowest BCUT2D eigenvalue weighted by Crippen LogP contribution is -2.12. The normalized spacial score (nSPS) is 10.5. The zero-order valence-corrected chi connectivity index (χ0v) is 15.7. The Hall–Kier alpha value is -3.09. The summed E-state index contributed by atoms with van der Waals surface area (Å²) >= 11 is 0. The van der Waals surface area contributed by atoms with Gasteiger partial charge in [0, 0.05) is 18.4 Å². The third-order valence-corrected chi connectivity index (χ3v) is 4.36. The number of Topliss-reactive ketones (excluding diaryl/α,β-unsaturated/α-hetero) is 1. The zero-order chi connectivity index (χ0) is 20.5. The summed E-state index contributed by atoms with van der Waals surface area (Å²) in [5, 5.41) is 13.4. The number of hydrogen-bond acceptors (Lipinski definition) is 4. The molecule has 0 fully saturated rings. The lowest BCUT2D eigenvalue weighted by molar-refractivity contribution is -0.384. The van der Waals surface area contributed by atoms with Crippen LogP contribution in [-0.4, -0.2) is 16.6 Å². The number of hydrogen-bond donors (Lipinski definition) is 1. The molecule has 2 rings (SSSR count). The second-order valence-corrected chi connectivity index (χ2v) is 6.67. The van der Waals surface area contributed by atoms with Gasteiger partial charge in [-0.25, -0.2) is 4.39 Å². The first kappa shape index (κ1) is 21.2. The predicted octanol–water partition coefficient (Wildman–Crippen LogP) is 5.20. The van der Waals surface area contributed by atoms with Crippen molar-refractivity contribution in [1.29, 1.82) is 0 Å². The average Bonchev–Trinajstić information content (AvgIpc) is 2.66. The molecule has 0 aliphatic heterocycles. The van der Waals surface area contributed by atoms with E-state index in [4.69, 9.17) is 0 Å². The Kier molecular flexibility index (Phi) is 7.80.